The zero-order valence-corrected chi connectivity index (χ0v) is 27.4. The quantitative estimate of drug-likeness (QED) is 0.0484. The van der Waals surface area contributed by atoms with Gasteiger partial charge in [-0.1, -0.05) is 111 Å². The summed E-state index contributed by atoms with van der Waals surface area (Å²) in [5.74, 6) is -0.00514. The number of ether oxygens (including phenoxy) is 3. The van der Waals surface area contributed by atoms with Crippen LogP contribution < -0.4 is 15.8 Å². The third-order valence-electron chi connectivity index (χ3n) is 7.89. The Morgan fingerprint density at radius 2 is 1.47 bits per heavy atom. The summed E-state index contributed by atoms with van der Waals surface area (Å²) in [4.78, 5) is 13.4. The van der Waals surface area contributed by atoms with Crippen molar-refractivity contribution in [1.29, 1.82) is 0 Å². The van der Waals surface area contributed by atoms with Crippen LogP contribution in [-0.4, -0.2) is 50.2 Å². The fraction of sp³-hybridized carbons (Fsp3) is 0.278. The van der Waals surface area contributed by atoms with Gasteiger partial charge in [-0.3, -0.25) is 10.1 Å². The number of nitrogen functional groups attached to an aromatic ring is 1. The molecule has 0 fully saturated rings. The molecule has 4 aromatic carbocycles. The van der Waals surface area contributed by atoms with Gasteiger partial charge < -0.3 is 19.9 Å². The number of carbonyl (C=O) groups excluding carboxylic acids is 1. The molecule has 5 rings (SSSR count). The molecule has 0 aliphatic rings. The number of carbonyl (C=O) groups is 1. The van der Waals surface area contributed by atoms with E-state index < -0.39 is 25.6 Å². The lowest BCUT2D eigenvalue weighted by molar-refractivity contribution is -0.144. The van der Waals surface area contributed by atoms with Gasteiger partial charge in [0.25, 0.3) is 0 Å². The molecule has 5 aromatic rings. The van der Waals surface area contributed by atoms with Crippen LogP contribution in [-0.2, 0) is 26.5 Å². The topological polar surface area (TPSA) is 101 Å². The lowest BCUT2D eigenvalue weighted by atomic mass is 9.76. The van der Waals surface area contributed by atoms with Gasteiger partial charge >= 0.3 is 5.97 Å². The largest absolute Gasteiger partial charge is 0.489 e. The van der Waals surface area contributed by atoms with Crippen molar-refractivity contribution in [3.63, 3.8) is 0 Å². The first-order valence-electron chi connectivity index (χ1n) is 15.2. The molecule has 3 N–H and O–H groups in total. The Bertz CT molecular complexity index is 1590. The zero-order chi connectivity index (χ0) is 31.9. The number of benzene rings is 4. The minimum atomic E-state index is -1.20. The summed E-state index contributed by atoms with van der Waals surface area (Å²) in [5.41, 5.74) is 9.73. The van der Waals surface area contributed by atoms with Crippen molar-refractivity contribution in [3.8, 4) is 5.75 Å². The van der Waals surface area contributed by atoms with Crippen molar-refractivity contribution in [2.75, 3.05) is 26.1 Å². The Balaban J connectivity index is 1.47. The van der Waals surface area contributed by atoms with E-state index in [2.05, 4.69) is 66.5 Å². The van der Waals surface area contributed by atoms with E-state index in [4.69, 9.17) is 19.9 Å². The molecule has 0 bridgehead atoms. The minimum absolute atomic E-state index is 0.0303. The van der Waals surface area contributed by atoms with Crippen LogP contribution in [0.25, 0.3) is 10.9 Å². The van der Waals surface area contributed by atoms with Gasteiger partial charge in [0.05, 0.1) is 30.0 Å². The third-order valence-corrected chi connectivity index (χ3v) is 9.59. The molecular formula is C36H42N4O4Si. The molecule has 8 nitrogen and oxygen atoms in total. The number of anilines is 1. The summed E-state index contributed by atoms with van der Waals surface area (Å²) in [6, 6.07) is 34.1. The summed E-state index contributed by atoms with van der Waals surface area (Å²) >= 11 is 0. The lowest BCUT2D eigenvalue weighted by Crippen LogP contribution is -2.55. The monoisotopic (exact) mass is 622 g/mol. The smallest absolute Gasteiger partial charge is 0.326 e. The molecular weight excluding hydrogens is 581 g/mol. The standard InChI is InChI=1S/C36H42N4O4Si/c1-42-35(41)32(25-44-34-23-33-27(22-31(34)37)24-38-40(33)26-43-20-21-45(2,3)4)39-36(28-14-8-5-9-15-28,29-16-10-6-11-17-29)30-18-12-7-13-19-30/h5-19,22-24,32,39H,20-21,25-26,37H2,1-4H3. The highest BCUT2D eigenvalue weighted by molar-refractivity contribution is 6.76. The first-order valence-corrected chi connectivity index (χ1v) is 18.9. The van der Waals surface area contributed by atoms with Crippen LogP contribution in [0.1, 0.15) is 16.7 Å². The Labute approximate surface area is 266 Å². The molecule has 0 aliphatic heterocycles. The Morgan fingerprint density at radius 1 is 0.911 bits per heavy atom. The summed E-state index contributed by atoms with van der Waals surface area (Å²) in [5, 5.41) is 9.06. The van der Waals surface area contributed by atoms with E-state index in [1.165, 1.54) is 7.11 Å². The second-order valence-electron chi connectivity index (χ2n) is 12.3. The molecule has 1 aromatic heterocycles. The van der Waals surface area contributed by atoms with Crippen LogP contribution in [0, 0.1) is 0 Å². The Morgan fingerprint density at radius 3 is 1.98 bits per heavy atom. The zero-order valence-electron chi connectivity index (χ0n) is 26.4. The molecule has 0 saturated carbocycles. The first-order chi connectivity index (χ1) is 21.7. The SMILES string of the molecule is COC(=O)C(COc1cc2c(cnn2COCC[Si](C)(C)C)cc1N)NC(c1ccccc1)(c1ccccc1)c1ccccc1. The highest BCUT2D eigenvalue weighted by Gasteiger charge is 2.40. The number of aromatic nitrogens is 2. The molecule has 0 radical (unpaired) electrons. The van der Waals surface area contributed by atoms with E-state index in [1.807, 2.05) is 66.7 Å². The maximum Gasteiger partial charge on any atom is 0.326 e. The van der Waals surface area contributed by atoms with Crippen molar-refractivity contribution in [2.24, 2.45) is 0 Å². The molecule has 9 heteroatoms. The van der Waals surface area contributed by atoms with Gasteiger partial charge in [-0.2, -0.15) is 5.10 Å². The number of hydrogen-bond donors (Lipinski definition) is 2. The van der Waals surface area contributed by atoms with Crippen LogP contribution in [0.4, 0.5) is 5.69 Å². The van der Waals surface area contributed by atoms with Crippen molar-refractivity contribution >= 4 is 30.6 Å². The van der Waals surface area contributed by atoms with E-state index in [-0.39, 0.29) is 6.61 Å². The van der Waals surface area contributed by atoms with Crippen molar-refractivity contribution in [2.45, 2.75) is 44.0 Å². The van der Waals surface area contributed by atoms with Gasteiger partial charge in [0.1, 0.15) is 25.1 Å². The summed E-state index contributed by atoms with van der Waals surface area (Å²) < 4.78 is 19.4. The van der Waals surface area contributed by atoms with Gasteiger partial charge in [0.2, 0.25) is 0 Å². The number of nitrogens with zero attached hydrogens (tertiary/aromatic N) is 2. The predicted molar refractivity (Wildman–Crippen MR) is 182 cm³/mol. The predicted octanol–water partition coefficient (Wildman–Crippen LogP) is 6.43. The third kappa shape index (κ3) is 7.45. The second-order valence-corrected chi connectivity index (χ2v) is 17.9. The van der Waals surface area contributed by atoms with Gasteiger partial charge in [-0.25, -0.2) is 4.68 Å². The van der Waals surface area contributed by atoms with Gasteiger partial charge in [-0.15, -0.1) is 0 Å². The molecule has 0 saturated heterocycles. The number of methoxy groups -OCH3 is 1. The van der Waals surface area contributed by atoms with Gasteiger partial charge in [0.15, 0.2) is 0 Å². The van der Waals surface area contributed by atoms with Gasteiger partial charge in [-0.05, 0) is 28.8 Å². The van der Waals surface area contributed by atoms with Crippen LogP contribution in [0.3, 0.4) is 0 Å². The highest BCUT2D eigenvalue weighted by atomic mass is 28.3. The molecule has 45 heavy (non-hydrogen) atoms. The average Bonchev–Trinajstić information content (AvgIpc) is 3.44. The number of nitrogens with two attached hydrogens (primary N) is 1. The average molecular weight is 623 g/mol. The Kier molecular flexibility index (Phi) is 10.0. The maximum atomic E-state index is 13.4. The molecule has 0 spiro atoms. The summed E-state index contributed by atoms with van der Waals surface area (Å²) in [6.07, 6.45) is 1.77. The van der Waals surface area contributed by atoms with E-state index in [1.54, 1.807) is 10.9 Å². The maximum absolute atomic E-state index is 13.4. The van der Waals surface area contributed by atoms with E-state index >= 15 is 0 Å². The number of esters is 1. The minimum Gasteiger partial charge on any atom is -0.489 e. The molecule has 0 aliphatic carbocycles. The van der Waals surface area contributed by atoms with Crippen LogP contribution in [0.2, 0.25) is 25.7 Å². The van der Waals surface area contributed by atoms with Gasteiger partial charge in [0, 0.05) is 26.1 Å². The van der Waals surface area contributed by atoms with Crippen molar-refractivity contribution < 1.29 is 19.0 Å². The van der Waals surface area contributed by atoms with Crippen LogP contribution in [0.5, 0.6) is 5.75 Å². The summed E-state index contributed by atoms with van der Waals surface area (Å²) in [7, 11) is 0.181. The number of rotatable bonds is 14. The highest BCUT2D eigenvalue weighted by Crippen LogP contribution is 2.37. The van der Waals surface area contributed by atoms with E-state index in [0.717, 1.165) is 33.6 Å². The van der Waals surface area contributed by atoms with Crippen molar-refractivity contribution in [1.82, 2.24) is 15.1 Å². The lowest BCUT2D eigenvalue weighted by Gasteiger charge is -2.39. The molecule has 1 heterocycles. The normalized spacial score (nSPS) is 12.6. The molecule has 1 unspecified atom stereocenters. The first kappa shape index (κ1) is 32.0. The van der Waals surface area contributed by atoms with Crippen LogP contribution >= 0.6 is 0 Å². The number of hydrogen-bond acceptors (Lipinski definition) is 7. The van der Waals surface area contributed by atoms with E-state index in [0.29, 0.717) is 24.8 Å². The van der Waals surface area contributed by atoms with Crippen molar-refractivity contribution in [3.05, 3.63) is 126 Å². The molecule has 234 valence electrons. The Hall–Kier alpha value is -4.44. The number of fused-ring (bicyclic) bond motifs is 1. The van der Waals surface area contributed by atoms with Crippen LogP contribution in [0.15, 0.2) is 109 Å². The molecule has 0 amide bonds. The second kappa shape index (κ2) is 14.1. The number of nitrogens with one attached hydrogen (secondary N) is 1. The molecule has 1 atom stereocenters. The van der Waals surface area contributed by atoms with E-state index in [9.17, 15) is 4.79 Å². The fourth-order valence-electron chi connectivity index (χ4n) is 5.44. The fourth-order valence-corrected chi connectivity index (χ4v) is 6.20. The summed E-state index contributed by atoms with van der Waals surface area (Å²) in [6.45, 7) is 7.97.